The number of amides is 1. The number of hydrogen-bond acceptors (Lipinski definition) is 3. The average molecular weight is 272 g/mol. The maximum absolute atomic E-state index is 11.8. The Labute approximate surface area is 118 Å². The highest BCUT2D eigenvalue weighted by Gasteiger charge is 2.13. The number of nitrogens with one attached hydrogen (secondary N) is 2. The molecule has 1 aromatic carbocycles. The molecule has 0 unspecified atom stereocenters. The van der Waals surface area contributed by atoms with E-state index in [0.29, 0.717) is 13.0 Å². The third-order valence-electron chi connectivity index (χ3n) is 3.08. The van der Waals surface area contributed by atoms with Gasteiger partial charge in [0, 0.05) is 25.4 Å². The summed E-state index contributed by atoms with van der Waals surface area (Å²) in [7, 11) is 0. The Morgan fingerprint density at radius 2 is 2.15 bits per heavy atom. The SMILES string of the molecule is N[C@H](Cc1ccccc1)C(=O)NCCCc1ncc[nH]1. The Kier molecular flexibility index (Phi) is 5.32. The van der Waals surface area contributed by atoms with Gasteiger partial charge in [-0.3, -0.25) is 4.79 Å². The molecule has 0 radical (unpaired) electrons. The predicted octanol–water partition coefficient (Wildman–Crippen LogP) is 1.03. The summed E-state index contributed by atoms with van der Waals surface area (Å²) in [6.07, 6.45) is 5.75. The highest BCUT2D eigenvalue weighted by Crippen LogP contribution is 2.02. The van der Waals surface area contributed by atoms with Crippen LogP contribution in [0, 0.1) is 0 Å². The van der Waals surface area contributed by atoms with E-state index < -0.39 is 6.04 Å². The largest absolute Gasteiger partial charge is 0.355 e. The van der Waals surface area contributed by atoms with E-state index in [-0.39, 0.29) is 5.91 Å². The molecule has 2 aromatic rings. The number of carbonyl (C=O) groups excluding carboxylic acids is 1. The van der Waals surface area contributed by atoms with Crippen LogP contribution in [0.1, 0.15) is 17.8 Å². The minimum absolute atomic E-state index is 0.103. The lowest BCUT2D eigenvalue weighted by molar-refractivity contribution is -0.122. The van der Waals surface area contributed by atoms with Crippen molar-refractivity contribution in [3.63, 3.8) is 0 Å². The maximum atomic E-state index is 11.8. The first-order valence-electron chi connectivity index (χ1n) is 6.81. The van der Waals surface area contributed by atoms with E-state index >= 15 is 0 Å². The zero-order valence-electron chi connectivity index (χ0n) is 11.4. The first-order valence-corrected chi connectivity index (χ1v) is 6.81. The number of aromatic nitrogens is 2. The van der Waals surface area contributed by atoms with Gasteiger partial charge in [0.1, 0.15) is 5.82 Å². The molecule has 0 aliphatic heterocycles. The highest BCUT2D eigenvalue weighted by atomic mass is 16.2. The molecule has 0 fully saturated rings. The summed E-state index contributed by atoms with van der Waals surface area (Å²) in [6, 6.07) is 9.30. The van der Waals surface area contributed by atoms with Crippen molar-refractivity contribution < 1.29 is 4.79 Å². The van der Waals surface area contributed by atoms with Gasteiger partial charge >= 0.3 is 0 Å². The van der Waals surface area contributed by atoms with Gasteiger partial charge in [0.05, 0.1) is 6.04 Å². The van der Waals surface area contributed by atoms with Gasteiger partial charge in [-0.25, -0.2) is 4.98 Å². The normalized spacial score (nSPS) is 12.1. The van der Waals surface area contributed by atoms with E-state index in [2.05, 4.69) is 15.3 Å². The van der Waals surface area contributed by atoms with Gasteiger partial charge in [-0.15, -0.1) is 0 Å². The Morgan fingerprint density at radius 1 is 1.35 bits per heavy atom. The fraction of sp³-hybridized carbons (Fsp3) is 0.333. The standard InChI is InChI=1S/C15H20N4O/c16-13(11-12-5-2-1-3-6-12)15(20)19-8-4-7-14-17-9-10-18-14/h1-3,5-6,9-10,13H,4,7-8,11,16H2,(H,17,18)(H,19,20)/t13-/m1/s1. The van der Waals surface area contributed by atoms with Crippen LogP contribution < -0.4 is 11.1 Å². The van der Waals surface area contributed by atoms with Crippen LogP contribution in [0.5, 0.6) is 0 Å². The Bertz CT molecular complexity index is 510. The average Bonchev–Trinajstić information content (AvgIpc) is 2.97. The van der Waals surface area contributed by atoms with Crippen LogP contribution in [0.4, 0.5) is 0 Å². The van der Waals surface area contributed by atoms with Crippen LogP contribution in [-0.4, -0.2) is 28.5 Å². The summed E-state index contributed by atoms with van der Waals surface area (Å²) >= 11 is 0. The molecule has 5 nitrogen and oxygen atoms in total. The van der Waals surface area contributed by atoms with E-state index in [4.69, 9.17) is 5.73 Å². The molecule has 5 heteroatoms. The van der Waals surface area contributed by atoms with Crippen molar-refractivity contribution >= 4 is 5.91 Å². The number of benzene rings is 1. The second-order valence-corrected chi connectivity index (χ2v) is 4.73. The molecule has 106 valence electrons. The van der Waals surface area contributed by atoms with Gasteiger partial charge in [-0.2, -0.15) is 0 Å². The van der Waals surface area contributed by atoms with E-state index in [0.717, 1.165) is 24.2 Å². The van der Waals surface area contributed by atoms with Gasteiger partial charge < -0.3 is 16.0 Å². The number of nitrogens with two attached hydrogens (primary N) is 1. The first-order chi connectivity index (χ1) is 9.75. The summed E-state index contributed by atoms with van der Waals surface area (Å²) in [5, 5.41) is 2.86. The summed E-state index contributed by atoms with van der Waals surface area (Å²) in [4.78, 5) is 19.0. The van der Waals surface area contributed by atoms with Crippen molar-refractivity contribution in [2.75, 3.05) is 6.54 Å². The second-order valence-electron chi connectivity index (χ2n) is 4.73. The van der Waals surface area contributed by atoms with Crippen LogP contribution in [0.3, 0.4) is 0 Å². The summed E-state index contributed by atoms with van der Waals surface area (Å²) in [5.74, 6) is 0.834. The smallest absolute Gasteiger partial charge is 0.237 e. The molecule has 0 aliphatic carbocycles. The van der Waals surface area contributed by atoms with Crippen LogP contribution in [0.2, 0.25) is 0 Å². The van der Waals surface area contributed by atoms with Crippen molar-refractivity contribution in [1.29, 1.82) is 0 Å². The fourth-order valence-corrected chi connectivity index (χ4v) is 1.99. The molecule has 1 aromatic heterocycles. The topological polar surface area (TPSA) is 83.8 Å². The Balaban J connectivity index is 1.66. The van der Waals surface area contributed by atoms with E-state index in [1.54, 1.807) is 12.4 Å². The third kappa shape index (κ3) is 4.51. The van der Waals surface area contributed by atoms with Crippen LogP contribution >= 0.6 is 0 Å². The summed E-state index contributed by atoms with van der Waals surface area (Å²) < 4.78 is 0. The Morgan fingerprint density at radius 3 is 2.85 bits per heavy atom. The number of imidazole rings is 1. The number of aryl methyl sites for hydroxylation is 1. The van der Waals surface area contributed by atoms with Crippen molar-refractivity contribution in [1.82, 2.24) is 15.3 Å². The third-order valence-corrected chi connectivity index (χ3v) is 3.08. The number of aromatic amines is 1. The predicted molar refractivity (Wildman–Crippen MR) is 78.0 cm³/mol. The van der Waals surface area contributed by atoms with Gasteiger partial charge in [-0.05, 0) is 18.4 Å². The zero-order chi connectivity index (χ0) is 14.2. The lowest BCUT2D eigenvalue weighted by Crippen LogP contribution is -2.42. The molecule has 0 saturated heterocycles. The summed E-state index contributed by atoms with van der Waals surface area (Å²) in [6.45, 7) is 0.613. The molecule has 2 rings (SSSR count). The number of hydrogen-bond donors (Lipinski definition) is 3. The zero-order valence-corrected chi connectivity index (χ0v) is 11.4. The van der Waals surface area contributed by atoms with Crippen LogP contribution in [0.25, 0.3) is 0 Å². The molecule has 0 spiro atoms. The molecule has 1 heterocycles. The van der Waals surface area contributed by atoms with Crippen molar-refractivity contribution in [3.8, 4) is 0 Å². The molecule has 1 amide bonds. The van der Waals surface area contributed by atoms with E-state index in [9.17, 15) is 4.79 Å². The highest BCUT2D eigenvalue weighted by molar-refractivity contribution is 5.81. The number of carbonyl (C=O) groups is 1. The van der Waals surface area contributed by atoms with E-state index in [1.165, 1.54) is 0 Å². The van der Waals surface area contributed by atoms with Crippen molar-refractivity contribution in [2.24, 2.45) is 5.73 Å². The molecule has 0 saturated carbocycles. The number of rotatable bonds is 7. The first kappa shape index (κ1) is 14.3. The van der Waals surface area contributed by atoms with Gasteiger partial charge in [0.25, 0.3) is 0 Å². The summed E-state index contributed by atoms with van der Waals surface area (Å²) in [5.41, 5.74) is 6.97. The molecule has 1 atom stereocenters. The van der Waals surface area contributed by atoms with E-state index in [1.807, 2.05) is 30.3 Å². The molecular weight excluding hydrogens is 252 g/mol. The van der Waals surface area contributed by atoms with Crippen LogP contribution in [0.15, 0.2) is 42.7 Å². The van der Waals surface area contributed by atoms with Crippen molar-refractivity contribution in [2.45, 2.75) is 25.3 Å². The minimum atomic E-state index is -0.499. The number of nitrogens with zero attached hydrogens (tertiary/aromatic N) is 1. The molecular formula is C15H20N4O. The lowest BCUT2D eigenvalue weighted by atomic mass is 10.1. The van der Waals surface area contributed by atoms with Gasteiger partial charge in [-0.1, -0.05) is 30.3 Å². The second kappa shape index (κ2) is 7.45. The fourth-order valence-electron chi connectivity index (χ4n) is 1.99. The Hall–Kier alpha value is -2.14. The van der Waals surface area contributed by atoms with Gasteiger partial charge in [0.2, 0.25) is 5.91 Å². The lowest BCUT2D eigenvalue weighted by Gasteiger charge is -2.12. The molecule has 0 bridgehead atoms. The minimum Gasteiger partial charge on any atom is -0.355 e. The van der Waals surface area contributed by atoms with Crippen LogP contribution in [-0.2, 0) is 17.6 Å². The molecule has 20 heavy (non-hydrogen) atoms. The van der Waals surface area contributed by atoms with Crippen molar-refractivity contribution in [3.05, 3.63) is 54.1 Å². The molecule has 0 aliphatic rings. The maximum Gasteiger partial charge on any atom is 0.237 e. The number of H-pyrrole nitrogens is 1. The van der Waals surface area contributed by atoms with Gasteiger partial charge in [0.15, 0.2) is 0 Å². The molecule has 4 N–H and O–H groups in total. The monoisotopic (exact) mass is 272 g/mol. The quantitative estimate of drug-likeness (QED) is 0.658.